The van der Waals surface area contributed by atoms with E-state index in [1.807, 2.05) is 0 Å². The van der Waals surface area contributed by atoms with Crippen molar-refractivity contribution < 1.29 is 24.2 Å². The van der Waals surface area contributed by atoms with Crippen LogP contribution < -0.4 is 11.1 Å². The molecule has 1 heterocycles. The number of hydrogen-bond donors (Lipinski definition) is 3. The number of nitrogens with one attached hydrogen (secondary N) is 1. The van der Waals surface area contributed by atoms with E-state index in [9.17, 15) is 14.4 Å². The van der Waals surface area contributed by atoms with E-state index in [2.05, 4.69) is 5.32 Å². The van der Waals surface area contributed by atoms with Crippen molar-refractivity contribution in [3.05, 3.63) is 0 Å². The largest absolute Gasteiger partial charge is 0.480 e. The number of aliphatic carboxylic acids is 1. The zero-order valence-electron chi connectivity index (χ0n) is 10.1. The second kappa shape index (κ2) is 6.20. The lowest BCUT2D eigenvalue weighted by molar-refractivity contribution is -0.141. The van der Waals surface area contributed by atoms with Gasteiger partial charge in [-0.3, -0.25) is 4.79 Å². The first-order valence-corrected chi connectivity index (χ1v) is 5.57. The Kier molecular flexibility index (Phi) is 4.90. The first kappa shape index (κ1) is 14.2. The average molecular weight is 259 g/mol. The minimum Gasteiger partial charge on any atom is -0.480 e. The number of morpholine rings is 1. The van der Waals surface area contributed by atoms with Crippen molar-refractivity contribution in [2.75, 3.05) is 19.8 Å². The summed E-state index contributed by atoms with van der Waals surface area (Å²) < 4.78 is 5.17. The molecular formula is C10H17N3O5. The smallest absolute Gasteiger partial charge is 0.326 e. The van der Waals surface area contributed by atoms with Crippen molar-refractivity contribution in [2.45, 2.75) is 25.4 Å². The van der Waals surface area contributed by atoms with Gasteiger partial charge >= 0.3 is 12.0 Å². The van der Waals surface area contributed by atoms with E-state index >= 15 is 0 Å². The monoisotopic (exact) mass is 259 g/mol. The van der Waals surface area contributed by atoms with Crippen LogP contribution in [0.5, 0.6) is 0 Å². The molecule has 0 bridgehead atoms. The SMILES string of the molecule is CC1COCCN1C(=O)NC(CC(N)=O)C(=O)O. The molecular weight excluding hydrogens is 242 g/mol. The van der Waals surface area contributed by atoms with Gasteiger partial charge in [-0.1, -0.05) is 0 Å². The fourth-order valence-electron chi connectivity index (χ4n) is 1.66. The Bertz CT molecular complexity index is 346. The topological polar surface area (TPSA) is 122 Å². The van der Waals surface area contributed by atoms with Gasteiger partial charge in [0.1, 0.15) is 6.04 Å². The summed E-state index contributed by atoms with van der Waals surface area (Å²) in [7, 11) is 0. The summed E-state index contributed by atoms with van der Waals surface area (Å²) in [5, 5.41) is 11.1. The van der Waals surface area contributed by atoms with Crippen molar-refractivity contribution in [3.63, 3.8) is 0 Å². The number of carbonyl (C=O) groups excluding carboxylic acids is 2. The Morgan fingerprint density at radius 1 is 1.56 bits per heavy atom. The molecule has 0 aromatic carbocycles. The van der Waals surface area contributed by atoms with Crippen LogP contribution in [0, 0.1) is 0 Å². The van der Waals surface area contributed by atoms with Gasteiger partial charge in [-0.2, -0.15) is 0 Å². The molecule has 0 aromatic rings. The first-order chi connectivity index (χ1) is 8.41. The Morgan fingerprint density at radius 3 is 2.72 bits per heavy atom. The van der Waals surface area contributed by atoms with Crippen molar-refractivity contribution in [1.82, 2.24) is 10.2 Å². The molecule has 1 saturated heterocycles. The molecule has 1 aliphatic rings. The van der Waals surface area contributed by atoms with Crippen LogP contribution in [-0.2, 0) is 14.3 Å². The van der Waals surface area contributed by atoms with Gasteiger partial charge < -0.3 is 25.8 Å². The predicted molar refractivity (Wildman–Crippen MR) is 60.8 cm³/mol. The van der Waals surface area contributed by atoms with Gasteiger partial charge in [-0.25, -0.2) is 9.59 Å². The van der Waals surface area contributed by atoms with Gasteiger partial charge in [0.25, 0.3) is 0 Å². The molecule has 8 heteroatoms. The summed E-state index contributed by atoms with van der Waals surface area (Å²) in [6, 6.07) is -1.97. The van der Waals surface area contributed by atoms with Crippen LogP contribution >= 0.6 is 0 Å². The number of carbonyl (C=O) groups is 3. The number of primary amides is 1. The summed E-state index contributed by atoms with van der Waals surface area (Å²) in [6.45, 7) is 2.99. The molecule has 8 nitrogen and oxygen atoms in total. The van der Waals surface area contributed by atoms with E-state index in [4.69, 9.17) is 15.6 Å². The van der Waals surface area contributed by atoms with E-state index in [0.29, 0.717) is 19.8 Å². The number of urea groups is 1. The zero-order chi connectivity index (χ0) is 13.7. The molecule has 0 radical (unpaired) electrons. The Morgan fingerprint density at radius 2 is 2.22 bits per heavy atom. The number of rotatable bonds is 4. The van der Waals surface area contributed by atoms with Crippen molar-refractivity contribution in [1.29, 1.82) is 0 Å². The number of carboxylic acids is 1. The number of nitrogens with zero attached hydrogens (tertiary/aromatic N) is 1. The summed E-state index contributed by atoms with van der Waals surface area (Å²) in [6.07, 6.45) is -0.431. The number of amides is 3. The molecule has 1 fully saturated rings. The van der Waals surface area contributed by atoms with Crippen LogP contribution in [-0.4, -0.2) is 59.8 Å². The second-order valence-corrected chi connectivity index (χ2v) is 4.13. The Labute approximate surface area is 104 Å². The number of carboxylic acid groups (broad SMARTS) is 1. The maximum atomic E-state index is 11.8. The molecule has 0 aliphatic carbocycles. The zero-order valence-corrected chi connectivity index (χ0v) is 10.1. The summed E-state index contributed by atoms with van der Waals surface area (Å²) in [4.78, 5) is 34.9. The minimum absolute atomic E-state index is 0.137. The number of hydrogen-bond acceptors (Lipinski definition) is 4. The average Bonchev–Trinajstić information content (AvgIpc) is 2.27. The van der Waals surface area contributed by atoms with Crippen LogP contribution in [0.1, 0.15) is 13.3 Å². The maximum absolute atomic E-state index is 11.8. The molecule has 2 unspecified atom stereocenters. The standard InChI is InChI=1S/C10H17N3O5/c1-6-5-18-3-2-13(6)10(17)12-7(9(15)16)4-8(11)14/h6-7H,2-5H2,1H3,(H2,11,14)(H,12,17)(H,15,16). The van der Waals surface area contributed by atoms with E-state index in [0.717, 1.165) is 0 Å². The molecule has 0 spiro atoms. The Balaban J connectivity index is 2.59. The van der Waals surface area contributed by atoms with Gasteiger partial charge in [0.2, 0.25) is 5.91 Å². The molecule has 0 aromatic heterocycles. The highest BCUT2D eigenvalue weighted by Crippen LogP contribution is 2.07. The highest BCUT2D eigenvalue weighted by molar-refractivity contribution is 5.87. The third kappa shape index (κ3) is 3.88. The molecule has 2 atom stereocenters. The highest BCUT2D eigenvalue weighted by Gasteiger charge is 2.28. The van der Waals surface area contributed by atoms with Crippen LogP contribution in [0.4, 0.5) is 4.79 Å². The fourth-order valence-corrected chi connectivity index (χ4v) is 1.66. The van der Waals surface area contributed by atoms with E-state index in [1.54, 1.807) is 6.92 Å². The third-order valence-corrected chi connectivity index (χ3v) is 2.63. The normalized spacial score (nSPS) is 21.2. The Hall–Kier alpha value is -1.83. The molecule has 18 heavy (non-hydrogen) atoms. The quantitative estimate of drug-likeness (QED) is 0.582. The van der Waals surface area contributed by atoms with Crippen LogP contribution in [0.25, 0.3) is 0 Å². The van der Waals surface area contributed by atoms with Crippen molar-refractivity contribution in [3.8, 4) is 0 Å². The van der Waals surface area contributed by atoms with Crippen LogP contribution in [0.15, 0.2) is 0 Å². The minimum atomic E-state index is -1.30. The van der Waals surface area contributed by atoms with Gasteiger partial charge in [0.05, 0.1) is 25.7 Å². The van der Waals surface area contributed by atoms with Gasteiger partial charge in [0.15, 0.2) is 0 Å². The number of nitrogens with two attached hydrogens (primary N) is 1. The maximum Gasteiger partial charge on any atom is 0.326 e. The van der Waals surface area contributed by atoms with Gasteiger partial charge in [-0.15, -0.1) is 0 Å². The molecule has 3 amide bonds. The summed E-state index contributed by atoms with van der Waals surface area (Å²) in [5.74, 6) is -2.07. The van der Waals surface area contributed by atoms with Gasteiger partial charge in [-0.05, 0) is 6.92 Å². The van der Waals surface area contributed by atoms with Gasteiger partial charge in [0, 0.05) is 6.54 Å². The summed E-state index contributed by atoms with van der Waals surface area (Å²) in [5.41, 5.74) is 4.93. The lowest BCUT2D eigenvalue weighted by Crippen LogP contribution is -2.55. The van der Waals surface area contributed by atoms with E-state index in [-0.39, 0.29) is 6.04 Å². The molecule has 102 valence electrons. The van der Waals surface area contributed by atoms with Crippen LogP contribution in [0.3, 0.4) is 0 Å². The lowest BCUT2D eigenvalue weighted by atomic mass is 10.2. The van der Waals surface area contributed by atoms with Crippen LogP contribution in [0.2, 0.25) is 0 Å². The van der Waals surface area contributed by atoms with Crippen molar-refractivity contribution >= 4 is 17.9 Å². The fraction of sp³-hybridized carbons (Fsp3) is 0.700. The molecule has 4 N–H and O–H groups in total. The molecule has 1 rings (SSSR count). The molecule has 1 aliphatic heterocycles. The van der Waals surface area contributed by atoms with Crippen molar-refractivity contribution in [2.24, 2.45) is 5.73 Å². The molecule has 0 saturated carbocycles. The van der Waals surface area contributed by atoms with E-state index < -0.39 is 30.4 Å². The lowest BCUT2D eigenvalue weighted by Gasteiger charge is -2.33. The first-order valence-electron chi connectivity index (χ1n) is 5.57. The summed E-state index contributed by atoms with van der Waals surface area (Å²) >= 11 is 0. The highest BCUT2D eigenvalue weighted by atomic mass is 16.5. The number of ether oxygens (including phenoxy) is 1. The second-order valence-electron chi connectivity index (χ2n) is 4.13. The predicted octanol–water partition coefficient (Wildman–Crippen LogP) is -1.25. The van der Waals surface area contributed by atoms with E-state index in [1.165, 1.54) is 4.90 Å². The third-order valence-electron chi connectivity index (χ3n) is 2.63.